The van der Waals surface area contributed by atoms with Crippen LogP contribution < -0.4 is 5.32 Å². The maximum absolute atomic E-state index is 11.4. The van der Waals surface area contributed by atoms with Gasteiger partial charge < -0.3 is 9.88 Å². The van der Waals surface area contributed by atoms with Gasteiger partial charge in [0, 0.05) is 24.3 Å². The predicted octanol–water partition coefficient (Wildman–Crippen LogP) is 1.47. The lowest BCUT2D eigenvalue weighted by Crippen LogP contribution is -2.32. The zero-order chi connectivity index (χ0) is 14.9. The fourth-order valence-corrected chi connectivity index (χ4v) is 4.05. The van der Waals surface area contributed by atoms with Crippen LogP contribution in [-0.4, -0.2) is 40.7 Å². The Morgan fingerprint density at radius 3 is 2.71 bits per heavy atom. The largest absolute Gasteiger partial charge is 0.382 e. The lowest BCUT2D eigenvalue weighted by molar-refractivity contribution is 0.559. The van der Waals surface area contributed by atoms with Gasteiger partial charge in [0.25, 0.3) is 0 Å². The summed E-state index contributed by atoms with van der Waals surface area (Å²) in [6.07, 6.45) is 2.99. The van der Waals surface area contributed by atoms with Crippen molar-refractivity contribution in [1.29, 1.82) is 0 Å². The van der Waals surface area contributed by atoms with Gasteiger partial charge in [0.05, 0.1) is 11.5 Å². The zero-order valence-corrected chi connectivity index (χ0v) is 12.7. The third-order valence-electron chi connectivity index (χ3n) is 3.76. The molecule has 1 aromatic carbocycles. The highest BCUT2D eigenvalue weighted by molar-refractivity contribution is 7.91. The van der Waals surface area contributed by atoms with Gasteiger partial charge in [0.15, 0.2) is 5.82 Å². The Bertz CT molecular complexity index is 725. The summed E-state index contributed by atoms with van der Waals surface area (Å²) in [6, 6.07) is 8.17. The van der Waals surface area contributed by atoms with Gasteiger partial charge in [-0.1, -0.05) is 12.1 Å². The Morgan fingerprint density at radius 1 is 1.29 bits per heavy atom. The van der Waals surface area contributed by atoms with Crippen molar-refractivity contribution >= 4 is 15.5 Å². The maximum atomic E-state index is 11.4. The van der Waals surface area contributed by atoms with E-state index < -0.39 is 9.84 Å². The van der Waals surface area contributed by atoms with E-state index in [0.717, 1.165) is 17.1 Å². The molecule has 7 heteroatoms. The van der Waals surface area contributed by atoms with Crippen molar-refractivity contribution in [3.05, 3.63) is 30.6 Å². The van der Waals surface area contributed by atoms with Crippen molar-refractivity contribution in [2.24, 2.45) is 7.05 Å². The van der Waals surface area contributed by atoms with E-state index in [1.54, 1.807) is 6.33 Å². The Balaban J connectivity index is 1.74. The fraction of sp³-hybridized carbons (Fsp3) is 0.429. The molecule has 2 heterocycles. The van der Waals surface area contributed by atoms with Crippen LogP contribution >= 0.6 is 0 Å². The van der Waals surface area contributed by atoms with Crippen molar-refractivity contribution in [1.82, 2.24) is 14.8 Å². The molecule has 0 aliphatic carbocycles. The lowest BCUT2D eigenvalue weighted by atomic mass is 10.1. The molecule has 1 N–H and O–H groups in total. The molecule has 1 saturated heterocycles. The summed E-state index contributed by atoms with van der Waals surface area (Å²) in [6.45, 7) is 0. The number of aryl methyl sites for hydroxylation is 1. The Morgan fingerprint density at radius 2 is 2.05 bits per heavy atom. The molecular formula is C14H18N4O2S. The average Bonchev–Trinajstić information content (AvgIpc) is 2.88. The van der Waals surface area contributed by atoms with Gasteiger partial charge in [0.2, 0.25) is 0 Å². The number of hydrogen-bond donors (Lipinski definition) is 1. The summed E-state index contributed by atoms with van der Waals surface area (Å²) in [5.41, 5.74) is 1.98. The SMILES string of the molecule is Cn1cnnc1-c1cccc(NC2CCS(=O)(=O)CC2)c1. The molecule has 0 spiro atoms. The van der Waals surface area contributed by atoms with Crippen molar-refractivity contribution in [2.75, 3.05) is 16.8 Å². The Kier molecular flexibility index (Phi) is 3.67. The van der Waals surface area contributed by atoms with Crippen molar-refractivity contribution < 1.29 is 8.42 Å². The van der Waals surface area contributed by atoms with Crippen LogP contribution in [0.3, 0.4) is 0 Å². The van der Waals surface area contributed by atoms with Gasteiger partial charge in [-0.25, -0.2) is 8.42 Å². The molecule has 0 atom stereocenters. The topological polar surface area (TPSA) is 76.9 Å². The molecule has 2 aromatic rings. The second kappa shape index (κ2) is 5.48. The molecule has 112 valence electrons. The summed E-state index contributed by atoms with van der Waals surface area (Å²) in [4.78, 5) is 0. The summed E-state index contributed by atoms with van der Waals surface area (Å²) < 4.78 is 24.8. The first-order valence-corrected chi connectivity index (χ1v) is 8.77. The highest BCUT2D eigenvalue weighted by atomic mass is 32.2. The molecule has 1 aliphatic rings. The summed E-state index contributed by atoms with van der Waals surface area (Å²) >= 11 is 0. The van der Waals surface area contributed by atoms with E-state index in [4.69, 9.17) is 0 Å². The fourth-order valence-electron chi connectivity index (χ4n) is 2.56. The second-order valence-electron chi connectivity index (χ2n) is 5.42. The first-order chi connectivity index (χ1) is 10.0. The van der Waals surface area contributed by atoms with Crippen LogP contribution in [0.25, 0.3) is 11.4 Å². The van der Waals surface area contributed by atoms with Crippen molar-refractivity contribution in [3.63, 3.8) is 0 Å². The van der Waals surface area contributed by atoms with E-state index in [2.05, 4.69) is 15.5 Å². The minimum atomic E-state index is -2.82. The molecule has 0 saturated carbocycles. The van der Waals surface area contributed by atoms with E-state index in [-0.39, 0.29) is 17.5 Å². The van der Waals surface area contributed by atoms with E-state index in [9.17, 15) is 8.42 Å². The van der Waals surface area contributed by atoms with Crippen LogP contribution in [0.15, 0.2) is 30.6 Å². The maximum Gasteiger partial charge on any atom is 0.163 e. The summed E-state index contributed by atoms with van der Waals surface area (Å²) in [5, 5.41) is 11.4. The van der Waals surface area contributed by atoms with Gasteiger partial charge in [-0.15, -0.1) is 10.2 Å². The number of rotatable bonds is 3. The van der Waals surface area contributed by atoms with Crippen molar-refractivity contribution in [3.8, 4) is 11.4 Å². The van der Waals surface area contributed by atoms with E-state index in [1.807, 2.05) is 35.9 Å². The number of aromatic nitrogens is 3. The molecule has 1 fully saturated rings. The molecule has 1 aromatic heterocycles. The smallest absolute Gasteiger partial charge is 0.163 e. The number of sulfone groups is 1. The van der Waals surface area contributed by atoms with Crippen molar-refractivity contribution in [2.45, 2.75) is 18.9 Å². The van der Waals surface area contributed by atoms with Crippen LogP contribution in [0, 0.1) is 0 Å². The Labute approximate surface area is 124 Å². The number of benzene rings is 1. The van der Waals surface area contributed by atoms with Gasteiger partial charge in [-0.2, -0.15) is 0 Å². The van der Waals surface area contributed by atoms with Crippen LogP contribution in [0.5, 0.6) is 0 Å². The number of hydrogen-bond acceptors (Lipinski definition) is 5. The zero-order valence-electron chi connectivity index (χ0n) is 11.9. The third kappa shape index (κ3) is 3.24. The molecule has 3 rings (SSSR count). The molecule has 6 nitrogen and oxygen atoms in total. The molecule has 1 aliphatic heterocycles. The van der Waals surface area contributed by atoms with Crippen LogP contribution in [-0.2, 0) is 16.9 Å². The quantitative estimate of drug-likeness (QED) is 0.929. The van der Waals surface area contributed by atoms with Crippen LogP contribution in [0.1, 0.15) is 12.8 Å². The molecule has 0 radical (unpaired) electrons. The average molecular weight is 306 g/mol. The number of anilines is 1. The predicted molar refractivity (Wildman–Crippen MR) is 81.7 cm³/mol. The molecule has 0 bridgehead atoms. The third-order valence-corrected chi connectivity index (χ3v) is 5.47. The summed E-state index contributed by atoms with van der Waals surface area (Å²) in [7, 11) is -0.915. The van der Waals surface area contributed by atoms with Crippen LogP contribution in [0.2, 0.25) is 0 Å². The van der Waals surface area contributed by atoms with Gasteiger partial charge in [-0.05, 0) is 25.0 Å². The van der Waals surface area contributed by atoms with Gasteiger partial charge in [-0.3, -0.25) is 0 Å². The molecule has 0 amide bonds. The lowest BCUT2D eigenvalue weighted by Gasteiger charge is -2.24. The summed E-state index contributed by atoms with van der Waals surface area (Å²) in [5.74, 6) is 1.35. The minimum Gasteiger partial charge on any atom is -0.382 e. The number of nitrogens with one attached hydrogen (secondary N) is 1. The van der Waals surface area contributed by atoms with E-state index in [0.29, 0.717) is 12.8 Å². The van der Waals surface area contributed by atoms with E-state index >= 15 is 0 Å². The minimum absolute atomic E-state index is 0.211. The highest BCUT2D eigenvalue weighted by Gasteiger charge is 2.23. The first kappa shape index (κ1) is 14.1. The first-order valence-electron chi connectivity index (χ1n) is 6.95. The standard InChI is InChI=1S/C14H18N4O2S/c1-18-10-15-17-14(18)11-3-2-4-13(9-11)16-12-5-7-21(19,20)8-6-12/h2-4,9-10,12,16H,5-8H2,1H3. The highest BCUT2D eigenvalue weighted by Crippen LogP contribution is 2.23. The normalized spacial score (nSPS) is 18.5. The molecule has 0 unspecified atom stereocenters. The second-order valence-corrected chi connectivity index (χ2v) is 7.72. The number of nitrogens with zero attached hydrogens (tertiary/aromatic N) is 3. The Hall–Kier alpha value is -1.89. The van der Waals surface area contributed by atoms with E-state index in [1.165, 1.54) is 0 Å². The monoisotopic (exact) mass is 306 g/mol. The molecular weight excluding hydrogens is 288 g/mol. The molecule has 21 heavy (non-hydrogen) atoms. The van der Waals surface area contributed by atoms with Gasteiger partial charge >= 0.3 is 0 Å². The van der Waals surface area contributed by atoms with Gasteiger partial charge in [0.1, 0.15) is 16.2 Å². The van der Waals surface area contributed by atoms with Crippen LogP contribution in [0.4, 0.5) is 5.69 Å².